The first kappa shape index (κ1) is 16.8. The minimum Gasteiger partial charge on any atom is -0.497 e. The minimum atomic E-state index is -0.260. The van der Waals surface area contributed by atoms with E-state index in [1.54, 1.807) is 7.11 Å². The number of benzene rings is 2. The molecule has 126 valence electrons. The quantitative estimate of drug-likeness (QED) is 0.779. The maximum Gasteiger partial charge on any atom is 0.238 e. The lowest BCUT2D eigenvalue weighted by Crippen LogP contribution is -2.42. The maximum absolute atomic E-state index is 12.3. The Morgan fingerprint density at radius 1 is 1.17 bits per heavy atom. The second kappa shape index (κ2) is 7.66. The van der Waals surface area contributed by atoms with Crippen LogP contribution in [0.15, 0.2) is 48.5 Å². The summed E-state index contributed by atoms with van der Waals surface area (Å²) in [5, 5.41) is 3.66. The molecule has 0 spiro atoms. The summed E-state index contributed by atoms with van der Waals surface area (Å²) in [7, 11) is 1.63. The molecule has 3 rings (SSSR count). The second-order valence-electron chi connectivity index (χ2n) is 5.75. The van der Waals surface area contributed by atoms with Crippen LogP contribution in [0.5, 0.6) is 5.75 Å². The molecular weight excluding hydrogens is 326 g/mol. The topological polar surface area (TPSA) is 62.4 Å². The molecule has 0 aromatic heterocycles. The third-order valence-corrected chi connectivity index (χ3v) is 4.37. The molecule has 5 nitrogen and oxygen atoms in total. The van der Waals surface area contributed by atoms with Gasteiger partial charge in [-0.2, -0.15) is 0 Å². The molecule has 0 radical (unpaired) electrons. The third kappa shape index (κ3) is 4.06. The van der Waals surface area contributed by atoms with Gasteiger partial charge in [0.25, 0.3) is 0 Å². The Labute approximate surface area is 146 Å². The molecular formula is C18H20ClN3O2. The summed E-state index contributed by atoms with van der Waals surface area (Å²) in [6.07, 6.45) is 0.691. The number of amides is 1. The molecule has 2 aromatic carbocycles. The fourth-order valence-corrected chi connectivity index (χ4v) is 2.82. The molecule has 2 atom stereocenters. The largest absolute Gasteiger partial charge is 0.497 e. The van der Waals surface area contributed by atoms with Crippen LogP contribution >= 0.6 is 11.6 Å². The molecule has 1 saturated heterocycles. The molecule has 0 bridgehead atoms. The monoisotopic (exact) mass is 345 g/mol. The molecule has 0 saturated carbocycles. The number of carbonyl (C=O) groups is 1. The molecule has 1 aliphatic heterocycles. The SMILES string of the molecule is COc1ccc(CNC(=O)C2CC(c3ccc(Cl)cc3)NN2)cc1. The van der Waals surface area contributed by atoms with Crippen molar-refractivity contribution in [2.75, 3.05) is 7.11 Å². The van der Waals surface area contributed by atoms with Crippen LogP contribution in [0.3, 0.4) is 0 Å². The molecule has 0 aliphatic carbocycles. The molecule has 2 unspecified atom stereocenters. The van der Waals surface area contributed by atoms with Crippen molar-refractivity contribution in [3.05, 3.63) is 64.7 Å². The van der Waals surface area contributed by atoms with Gasteiger partial charge in [-0.25, -0.2) is 10.9 Å². The average Bonchev–Trinajstić information content (AvgIpc) is 3.11. The van der Waals surface area contributed by atoms with E-state index in [9.17, 15) is 4.79 Å². The van der Waals surface area contributed by atoms with E-state index in [0.717, 1.165) is 16.9 Å². The van der Waals surface area contributed by atoms with Crippen LogP contribution in [0.1, 0.15) is 23.6 Å². The number of ether oxygens (including phenoxy) is 1. The summed E-state index contributed by atoms with van der Waals surface area (Å²) in [4.78, 5) is 12.3. The number of methoxy groups -OCH3 is 1. The highest BCUT2D eigenvalue weighted by Crippen LogP contribution is 2.23. The van der Waals surface area contributed by atoms with Crippen molar-refractivity contribution in [3.8, 4) is 5.75 Å². The van der Waals surface area contributed by atoms with Gasteiger partial charge in [-0.15, -0.1) is 0 Å². The van der Waals surface area contributed by atoms with Crippen LogP contribution < -0.4 is 20.9 Å². The normalized spacial score (nSPS) is 19.9. The van der Waals surface area contributed by atoms with E-state index < -0.39 is 0 Å². The fraction of sp³-hybridized carbons (Fsp3) is 0.278. The first-order valence-electron chi connectivity index (χ1n) is 7.83. The van der Waals surface area contributed by atoms with Gasteiger partial charge in [0.1, 0.15) is 11.8 Å². The number of hydrogen-bond donors (Lipinski definition) is 3. The van der Waals surface area contributed by atoms with E-state index in [-0.39, 0.29) is 18.0 Å². The van der Waals surface area contributed by atoms with Gasteiger partial charge in [0.05, 0.1) is 7.11 Å². The van der Waals surface area contributed by atoms with Crippen LogP contribution in [-0.2, 0) is 11.3 Å². The minimum absolute atomic E-state index is 0.0187. The summed E-state index contributed by atoms with van der Waals surface area (Å²) in [6, 6.07) is 15.1. The van der Waals surface area contributed by atoms with Crippen LogP contribution in [0.2, 0.25) is 5.02 Å². The predicted octanol–water partition coefficient (Wildman–Crippen LogP) is 2.57. The van der Waals surface area contributed by atoms with Gasteiger partial charge in [-0.05, 0) is 41.8 Å². The highest BCUT2D eigenvalue weighted by molar-refractivity contribution is 6.30. The summed E-state index contributed by atoms with van der Waals surface area (Å²) >= 11 is 5.91. The summed E-state index contributed by atoms with van der Waals surface area (Å²) < 4.78 is 5.12. The average molecular weight is 346 g/mol. The molecule has 6 heteroatoms. The number of rotatable bonds is 5. The van der Waals surface area contributed by atoms with Gasteiger partial charge in [0.2, 0.25) is 5.91 Å². The molecule has 1 aliphatic rings. The van der Waals surface area contributed by atoms with Gasteiger partial charge in [0.15, 0.2) is 0 Å². The zero-order valence-corrected chi connectivity index (χ0v) is 14.1. The zero-order valence-electron chi connectivity index (χ0n) is 13.4. The van der Waals surface area contributed by atoms with Crippen LogP contribution in [0.25, 0.3) is 0 Å². The van der Waals surface area contributed by atoms with E-state index in [1.807, 2.05) is 48.5 Å². The predicted molar refractivity (Wildman–Crippen MR) is 93.7 cm³/mol. The smallest absolute Gasteiger partial charge is 0.238 e. The number of carbonyl (C=O) groups excluding carboxylic acids is 1. The van der Waals surface area contributed by atoms with E-state index >= 15 is 0 Å². The summed E-state index contributed by atoms with van der Waals surface area (Å²) in [6.45, 7) is 0.493. The van der Waals surface area contributed by atoms with Gasteiger partial charge in [-0.3, -0.25) is 4.79 Å². The third-order valence-electron chi connectivity index (χ3n) is 4.12. The Bertz CT molecular complexity index is 688. The Morgan fingerprint density at radius 3 is 2.54 bits per heavy atom. The van der Waals surface area contributed by atoms with Crippen molar-refractivity contribution in [3.63, 3.8) is 0 Å². The molecule has 1 heterocycles. The van der Waals surface area contributed by atoms with Crippen LogP contribution in [0, 0.1) is 0 Å². The Morgan fingerprint density at radius 2 is 1.88 bits per heavy atom. The van der Waals surface area contributed by atoms with Gasteiger partial charge in [-0.1, -0.05) is 35.9 Å². The molecule has 1 amide bonds. The Kier molecular flexibility index (Phi) is 5.35. The molecule has 3 N–H and O–H groups in total. The number of hydrogen-bond acceptors (Lipinski definition) is 4. The van der Waals surface area contributed by atoms with E-state index in [0.29, 0.717) is 18.0 Å². The highest BCUT2D eigenvalue weighted by Gasteiger charge is 2.29. The lowest BCUT2D eigenvalue weighted by Gasteiger charge is -2.11. The first-order chi connectivity index (χ1) is 11.7. The number of halogens is 1. The van der Waals surface area contributed by atoms with Crippen LogP contribution in [0.4, 0.5) is 0 Å². The van der Waals surface area contributed by atoms with Gasteiger partial charge in [0, 0.05) is 17.6 Å². The van der Waals surface area contributed by atoms with Crippen molar-refractivity contribution in [2.45, 2.75) is 25.0 Å². The fourth-order valence-electron chi connectivity index (χ4n) is 2.70. The van der Waals surface area contributed by atoms with Crippen molar-refractivity contribution >= 4 is 17.5 Å². The van der Waals surface area contributed by atoms with Crippen molar-refractivity contribution in [2.24, 2.45) is 0 Å². The number of hydrazine groups is 1. The highest BCUT2D eigenvalue weighted by atomic mass is 35.5. The Hall–Kier alpha value is -2.08. The standard InChI is InChI=1S/C18H20ClN3O2/c1-24-15-8-2-12(3-9-15)11-20-18(23)17-10-16(21-22-17)13-4-6-14(19)7-5-13/h2-9,16-17,21-22H,10-11H2,1H3,(H,20,23). The second-order valence-corrected chi connectivity index (χ2v) is 6.18. The lowest BCUT2D eigenvalue weighted by molar-refractivity contribution is -0.123. The zero-order chi connectivity index (χ0) is 16.9. The van der Waals surface area contributed by atoms with Crippen LogP contribution in [-0.4, -0.2) is 19.1 Å². The maximum atomic E-state index is 12.3. The summed E-state index contributed by atoms with van der Waals surface area (Å²) in [5.41, 5.74) is 8.37. The van der Waals surface area contributed by atoms with Gasteiger partial charge < -0.3 is 10.1 Å². The molecule has 2 aromatic rings. The lowest BCUT2D eigenvalue weighted by atomic mass is 10.0. The van der Waals surface area contributed by atoms with Crippen molar-refractivity contribution in [1.82, 2.24) is 16.2 Å². The first-order valence-corrected chi connectivity index (χ1v) is 8.20. The van der Waals surface area contributed by atoms with Crippen molar-refractivity contribution < 1.29 is 9.53 Å². The van der Waals surface area contributed by atoms with Gasteiger partial charge >= 0.3 is 0 Å². The molecule has 24 heavy (non-hydrogen) atoms. The molecule has 1 fully saturated rings. The van der Waals surface area contributed by atoms with E-state index in [4.69, 9.17) is 16.3 Å². The van der Waals surface area contributed by atoms with E-state index in [1.165, 1.54) is 0 Å². The Balaban J connectivity index is 1.51. The number of nitrogens with one attached hydrogen (secondary N) is 3. The summed E-state index contributed by atoms with van der Waals surface area (Å²) in [5.74, 6) is 0.785. The van der Waals surface area contributed by atoms with Crippen molar-refractivity contribution in [1.29, 1.82) is 0 Å². The van der Waals surface area contributed by atoms with E-state index in [2.05, 4.69) is 16.2 Å².